The average Bonchev–Trinajstić information content (AvgIpc) is 2.16. The van der Waals surface area contributed by atoms with Crippen LogP contribution in [-0.2, 0) is 0 Å². The van der Waals surface area contributed by atoms with E-state index in [0.29, 0.717) is 10.7 Å². The zero-order valence-corrected chi connectivity index (χ0v) is 9.35. The molecule has 1 atom stereocenters. The smallest absolute Gasteiger partial charge is 0.147 e. The SMILES string of the molecule is CC(C)C(C#N)Nc1ccc(Cl)cc1F. The largest absolute Gasteiger partial charge is 0.367 e. The third kappa shape index (κ3) is 3.10. The van der Waals surface area contributed by atoms with Gasteiger partial charge < -0.3 is 5.32 Å². The molecule has 1 N–H and O–H groups in total. The van der Waals surface area contributed by atoms with E-state index in [0.717, 1.165) is 0 Å². The Morgan fingerprint density at radius 1 is 1.47 bits per heavy atom. The monoisotopic (exact) mass is 226 g/mol. The van der Waals surface area contributed by atoms with Gasteiger partial charge in [-0.3, -0.25) is 0 Å². The first-order valence-corrected chi connectivity index (χ1v) is 5.03. The minimum absolute atomic E-state index is 0.116. The number of halogens is 2. The minimum Gasteiger partial charge on any atom is -0.367 e. The van der Waals surface area contributed by atoms with E-state index in [1.807, 2.05) is 13.8 Å². The van der Waals surface area contributed by atoms with E-state index >= 15 is 0 Å². The van der Waals surface area contributed by atoms with Crippen LogP contribution in [0.2, 0.25) is 5.02 Å². The van der Waals surface area contributed by atoms with Gasteiger partial charge in [0.05, 0.1) is 11.8 Å². The van der Waals surface area contributed by atoms with E-state index in [9.17, 15) is 4.39 Å². The second-order valence-corrected chi connectivity index (χ2v) is 4.06. The number of hydrogen-bond acceptors (Lipinski definition) is 2. The van der Waals surface area contributed by atoms with Crippen molar-refractivity contribution >= 4 is 17.3 Å². The van der Waals surface area contributed by atoms with Crippen molar-refractivity contribution in [1.82, 2.24) is 0 Å². The molecule has 1 aromatic carbocycles. The van der Waals surface area contributed by atoms with Gasteiger partial charge in [-0.25, -0.2) is 4.39 Å². The highest BCUT2D eigenvalue weighted by Crippen LogP contribution is 2.20. The second-order valence-electron chi connectivity index (χ2n) is 3.62. The van der Waals surface area contributed by atoms with Crippen molar-refractivity contribution in [2.24, 2.45) is 5.92 Å². The van der Waals surface area contributed by atoms with Crippen LogP contribution in [0.1, 0.15) is 13.8 Å². The van der Waals surface area contributed by atoms with Crippen LogP contribution in [0.15, 0.2) is 18.2 Å². The molecule has 0 aliphatic heterocycles. The minimum atomic E-state index is -0.441. The summed E-state index contributed by atoms with van der Waals surface area (Å²) in [5.74, 6) is -0.325. The lowest BCUT2D eigenvalue weighted by atomic mass is 10.1. The van der Waals surface area contributed by atoms with Crippen LogP contribution in [0, 0.1) is 23.1 Å². The first kappa shape index (κ1) is 11.8. The number of rotatable bonds is 3. The van der Waals surface area contributed by atoms with Gasteiger partial charge in [-0.15, -0.1) is 0 Å². The third-order valence-corrected chi connectivity index (χ3v) is 2.28. The zero-order valence-electron chi connectivity index (χ0n) is 8.59. The number of nitriles is 1. The molecule has 2 nitrogen and oxygen atoms in total. The van der Waals surface area contributed by atoms with Gasteiger partial charge in [-0.2, -0.15) is 5.26 Å². The van der Waals surface area contributed by atoms with Crippen LogP contribution in [0.25, 0.3) is 0 Å². The Morgan fingerprint density at radius 3 is 2.60 bits per heavy atom. The Labute approximate surface area is 93.7 Å². The maximum absolute atomic E-state index is 13.4. The van der Waals surface area contributed by atoms with E-state index in [-0.39, 0.29) is 5.92 Å². The first-order valence-electron chi connectivity index (χ1n) is 4.65. The van der Waals surface area contributed by atoms with Crippen molar-refractivity contribution in [1.29, 1.82) is 5.26 Å². The molecular weight excluding hydrogens is 215 g/mol. The van der Waals surface area contributed by atoms with E-state index in [1.54, 1.807) is 6.07 Å². The molecule has 80 valence electrons. The molecule has 0 aliphatic carbocycles. The Kier molecular flexibility index (Phi) is 3.93. The molecule has 1 rings (SSSR count). The highest BCUT2D eigenvalue weighted by molar-refractivity contribution is 6.30. The second kappa shape index (κ2) is 4.99. The van der Waals surface area contributed by atoms with E-state index in [2.05, 4.69) is 11.4 Å². The standard InChI is InChI=1S/C11H12ClFN2/c1-7(2)11(6-14)15-10-4-3-8(12)5-9(10)13/h3-5,7,11,15H,1-2H3. The van der Waals surface area contributed by atoms with Crippen LogP contribution >= 0.6 is 11.6 Å². The number of anilines is 1. The number of hydrogen-bond donors (Lipinski definition) is 1. The van der Waals surface area contributed by atoms with Gasteiger partial charge in [-0.1, -0.05) is 25.4 Å². The summed E-state index contributed by atoms with van der Waals surface area (Å²) in [5.41, 5.74) is 0.305. The van der Waals surface area contributed by atoms with Crippen LogP contribution < -0.4 is 5.32 Å². The fraction of sp³-hybridized carbons (Fsp3) is 0.364. The molecule has 1 unspecified atom stereocenters. The summed E-state index contributed by atoms with van der Waals surface area (Å²) < 4.78 is 13.4. The summed E-state index contributed by atoms with van der Waals surface area (Å²) in [6.07, 6.45) is 0. The summed E-state index contributed by atoms with van der Waals surface area (Å²) in [5, 5.41) is 12.0. The Morgan fingerprint density at radius 2 is 2.13 bits per heavy atom. The van der Waals surface area contributed by atoms with Crippen LogP contribution in [0.3, 0.4) is 0 Å². The summed E-state index contributed by atoms with van der Waals surface area (Å²) in [7, 11) is 0. The molecule has 0 heterocycles. The van der Waals surface area contributed by atoms with Gasteiger partial charge in [0.1, 0.15) is 11.9 Å². The summed E-state index contributed by atoms with van der Waals surface area (Å²) in [6, 6.07) is 6.02. The normalized spacial score (nSPS) is 12.3. The molecular formula is C11H12ClFN2. The maximum Gasteiger partial charge on any atom is 0.147 e. The highest BCUT2D eigenvalue weighted by atomic mass is 35.5. The van der Waals surface area contributed by atoms with E-state index in [4.69, 9.17) is 16.9 Å². The average molecular weight is 227 g/mol. The Balaban J connectivity index is 2.85. The molecule has 1 aromatic rings. The lowest BCUT2D eigenvalue weighted by Gasteiger charge is -2.16. The summed E-state index contributed by atoms with van der Waals surface area (Å²) in [4.78, 5) is 0. The fourth-order valence-electron chi connectivity index (χ4n) is 1.12. The topological polar surface area (TPSA) is 35.8 Å². The van der Waals surface area contributed by atoms with Gasteiger partial charge >= 0.3 is 0 Å². The molecule has 4 heteroatoms. The van der Waals surface area contributed by atoms with Gasteiger partial charge in [0.2, 0.25) is 0 Å². The van der Waals surface area contributed by atoms with Gasteiger partial charge in [-0.05, 0) is 24.1 Å². The predicted octanol–water partition coefficient (Wildman–Crippen LogP) is 3.44. The molecule has 0 bridgehead atoms. The lowest BCUT2D eigenvalue weighted by Crippen LogP contribution is -2.23. The third-order valence-electron chi connectivity index (χ3n) is 2.05. The molecule has 0 aliphatic rings. The molecule has 0 aromatic heterocycles. The lowest BCUT2D eigenvalue weighted by molar-refractivity contribution is 0.593. The molecule has 0 amide bonds. The Bertz CT molecular complexity index is 385. The zero-order chi connectivity index (χ0) is 11.4. The maximum atomic E-state index is 13.4. The fourth-order valence-corrected chi connectivity index (χ4v) is 1.28. The number of benzene rings is 1. The number of nitrogens with zero attached hydrogens (tertiary/aromatic N) is 1. The van der Waals surface area contributed by atoms with Crippen molar-refractivity contribution in [3.05, 3.63) is 29.0 Å². The van der Waals surface area contributed by atoms with Crippen molar-refractivity contribution in [2.75, 3.05) is 5.32 Å². The van der Waals surface area contributed by atoms with Crippen molar-refractivity contribution in [3.8, 4) is 6.07 Å². The van der Waals surface area contributed by atoms with Gasteiger partial charge in [0.25, 0.3) is 0 Å². The summed E-state index contributed by atoms with van der Waals surface area (Å²) in [6.45, 7) is 3.80. The van der Waals surface area contributed by atoms with Crippen molar-refractivity contribution in [3.63, 3.8) is 0 Å². The van der Waals surface area contributed by atoms with Crippen LogP contribution in [0.4, 0.5) is 10.1 Å². The quantitative estimate of drug-likeness (QED) is 0.857. The molecule has 0 fully saturated rings. The number of nitrogens with one attached hydrogen (secondary N) is 1. The van der Waals surface area contributed by atoms with Crippen LogP contribution in [-0.4, -0.2) is 6.04 Å². The van der Waals surface area contributed by atoms with Crippen LogP contribution in [0.5, 0.6) is 0 Å². The first-order chi connectivity index (χ1) is 7.04. The molecule has 0 radical (unpaired) electrons. The van der Waals surface area contributed by atoms with Gasteiger partial charge in [0, 0.05) is 5.02 Å². The van der Waals surface area contributed by atoms with Gasteiger partial charge in [0.15, 0.2) is 0 Å². The van der Waals surface area contributed by atoms with Crippen molar-refractivity contribution in [2.45, 2.75) is 19.9 Å². The summed E-state index contributed by atoms with van der Waals surface area (Å²) >= 11 is 5.62. The Hall–Kier alpha value is -1.27. The van der Waals surface area contributed by atoms with E-state index in [1.165, 1.54) is 12.1 Å². The van der Waals surface area contributed by atoms with E-state index < -0.39 is 11.9 Å². The molecule has 15 heavy (non-hydrogen) atoms. The highest BCUT2D eigenvalue weighted by Gasteiger charge is 2.13. The van der Waals surface area contributed by atoms with Crippen molar-refractivity contribution < 1.29 is 4.39 Å². The molecule has 0 saturated carbocycles. The molecule has 0 spiro atoms. The molecule has 0 saturated heterocycles. The predicted molar refractivity (Wildman–Crippen MR) is 59.3 cm³/mol.